The quantitative estimate of drug-likeness (QED) is 0.870. The predicted octanol–water partition coefficient (Wildman–Crippen LogP) is 2.04. The maximum Gasteiger partial charge on any atom is 0.306 e. The van der Waals surface area contributed by atoms with Gasteiger partial charge in [-0.2, -0.15) is 0 Å². The maximum atomic E-state index is 12.1. The van der Waals surface area contributed by atoms with Crippen molar-refractivity contribution in [3.05, 3.63) is 29.8 Å². The van der Waals surface area contributed by atoms with Crippen molar-refractivity contribution in [3.63, 3.8) is 0 Å². The summed E-state index contributed by atoms with van der Waals surface area (Å²) >= 11 is 0. The van der Waals surface area contributed by atoms with E-state index in [1.165, 1.54) is 0 Å². The summed E-state index contributed by atoms with van der Waals surface area (Å²) in [5, 5.41) is 18.1. The number of rotatable bonds is 5. The van der Waals surface area contributed by atoms with Crippen LogP contribution in [0.5, 0.6) is 5.75 Å². The van der Waals surface area contributed by atoms with Crippen molar-refractivity contribution < 1.29 is 19.8 Å². The third-order valence-corrected chi connectivity index (χ3v) is 3.99. The number of phenolic OH excluding ortho intramolecular Hbond substituents is 1. The molecule has 0 bridgehead atoms. The smallest absolute Gasteiger partial charge is 0.306 e. The predicted molar refractivity (Wildman–Crippen MR) is 78.0 cm³/mol. The van der Waals surface area contributed by atoms with Gasteiger partial charge in [0.1, 0.15) is 5.75 Å². The highest BCUT2D eigenvalue weighted by Crippen LogP contribution is 2.18. The SMILES string of the molecule is O=C(O)C1CCN(C(=O)CCCc2ccc(O)cc2)CC1. The highest BCUT2D eigenvalue weighted by molar-refractivity contribution is 5.77. The number of benzene rings is 1. The first-order valence-electron chi connectivity index (χ1n) is 7.35. The van der Waals surface area contributed by atoms with Gasteiger partial charge in [0.2, 0.25) is 5.91 Å². The summed E-state index contributed by atoms with van der Waals surface area (Å²) in [6.45, 7) is 1.10. The Bertz CT molecular complexity index is 490. The fraction of sp³-hybridized carbons (Fsp3) is 0.500. The minimum atomic E-state index is -0.755. The van der Waals surface area contributed by atoms with Crippen molar-refractivity contribution >= 4 is 11.9 Å². The molecule has 2 N–H and O–H groups in total. The molecule has 1 fully saturated rings. The average molecular weight is 291 g/mol. The van der Waals surface area contributed by atoms with Crippen LogP contribution >= 0.6 is 0 Å². The van der Waals surface area contributed by atoms with Gasteiger partial charge in [-0.3, -0.25) is 9.59 Å². The van der Waals surface area contributed by atoms with Crippen molar-refractivity contribution in [2.75, 3.05) is 13.1 Å². The number of likely N-dealkylation sites (tertiary alicyclic amines) is 1. The summed E-state index contributed by atoms with van der Waals surface area (Å²) < 4.78 is 0. The summed E-state index contributed by atoms with van der Waals surface area (Å²) in [4.78, 5) is 24.7. The number of hydrogen-bond acceptors (Lipinski definition) is 3. The zero-order valence-corrected chi connectivity index (χ0v) is 12.0. The van der Waals surface area contributed by atoms with Gasteiger partial charge in [0.15, 0.2) is 0 Å². The van der Waals surface area contributed by atoms with Gasteiger partial charge in [-0.25, -0.2) is 0 Å². The van der Waals surface area contributed by atoms with E-state index in [-0.39, 0.29) is 17.6 Å². The number of carboxylic acids is 1. The number of aromatic hydroxyl groups is 1. The summed E-state index contributed by atoms with van der Waals surface area (Å²) in [5.74, 6) is -0.700. The van der Waals surface area contributed by atoms with Crippen LogP contribution in [0.3, 0.4) is 0 Å². The Hall–Kier alpha value is -2.04. The molecule has 2 rings (SSSR count). The number of carbonyl (C=O) groups excluding carboxylic acids is 1. The maximum absolute atomic E-state index is 12.1. The van der Waals surface area contributed by atoms with Crippen LogP contribution < -0.4 is 0 Å². The normalized spacial score (nSPS) is 15.9. The van der Waals surface area contributed by atoms with Crippen molar-refractivity contribution in [1.29, 1.82) is 0 Å². The second-order valence-electron chi connectivity index (χ2n) is 5.51. The summed E-state index contributed by atoms with van der Waals surface area (Å²) in [5.41, 5.74) is 1.10. The molecule has 0 saturated carbocycles. The van der Waals surface area contributed by atoms with E-state index in [1.807, 2.05) is 12.1 Å². The molecule has 0 radical (unpaired) electrons. The van der Waals surface area contributed by atoms with Gasteiger partial charge in [0, 0.05) is 19.5 Å². The lowest BCUT2D eigenvalue weighted by Crippen LogP contribution is -2.40. The van der Waals surface area contributed by atoms with Crippen LogP contribution in [0, 0.1) is 5.92 Å². The Morgan fingerprint density at radius 2 is 1.76 bits per heavy atom. The molecular weight excluding hydrogens is 270 g/mol. The van der Waals surface area contributed by atoms with E-state index in [9.17, 15) is 14.7 Å². The van der Waals surface area contributed by atoms with Gasteiger partial charge in [0.05, 0.1) is 5.92 Å². The van der Waals surface area contributed by atoms with Gasteiger partial charge in [0.25, 0.3) is 0 Å². The third kappa shape index (κ3) is 4.48. The second-order valence-corrected chi connectivity index (χ2v) is 5.51. The van der Waals surface area contributed by atoms with E-state index in [0.29, 0.717) is 32.4 Å². The number of aryl methyl sites for hydroxylation is 1. The molecule has 1 amide bonds. The Kier molecular flexibility index (Phi) is 5.20. The van der Waals surface area contributed by atoms with Crippen molar-refractivity contribution in [2.24, 2.45) is 5.92 Å². The van der Waals surface area contributed by atoms with Crippen LogP contribution in [0.15, 0.2) is 24.3 Å². The van der Waals surface area contributed by atoms with E-state index in [4.69, 9.17) is 5.11 Å². The topological polar surface area (TPSA) is 77.8 Å². The molecule has 0 unspecified atom stereocenters. The van der Waals surface area contributed by atoms with E-state index in [2.05, 4.69) is 0 Å². The number of carbonyl (C=O) groups is 2. The number of carboxylic acid groups (broad SMARTS) is 1. The fourth-order valence-corrected chi connectivity index (χ4v) is 2.64. The molecular formula is C16H21NO4. The number of piperidine rings is 1. The van der Waals surface area contributed by atoms with Crippen LogP contribution in [0.4, 0.5) is 0 Å². The van der Waals surface area contributed by atoms with Crippen LogP contribution in [0.1, 0.15) is 31.2 Å². The molecule has 1 aliphatic rings. The Morgan fingerprint density at radius 3 is 2.33 bits per heavy atom. The zero-order chi connectivity index (χ0) is 15.2. The highest BCUT2D eigenvalue weighted by atomic mass is 16.4. The third-order valence-electron chi connectivity index (χ3n) is 3.99. The van der Waals surface area contributed by atoms with Crippen LogP contribution in [0.2, 0.25) is 0 Å². The molecule has 1 saturated heterocycles. The first kappa shape index (κ1) is 15.4. The first-order valence-corrected chi connectivity index (χ1v) is 7.35. The van der Waals surface area contributed by atoms with E-state index < -0.39 is 5.97 Å². The lowest BCUT2D eigenvalue weighted by atomic mass is 9.97. The van der Waals surface area contributed by atoms with Gasteiger partial charge >= 0.3 is 5.97 Å². The Morgan fingerprint density at radius 1 is 1.14 bits per heavy atom. The van der Waals surface area contributed by atoms with Gasteiger partial charge in [-0.1, -0.05) is 12.1 Å². The number of phenols is 1. The van der Waals surface area contributed by atoms with Crippen LogP contribution in [-0.4, -0.2) is 40.1 Å². The Balaban J connectivity index is 1.70. The zero-order valence-electron chi connectivity index (χ0n) is 12.0. The molecule has 0 aromatic heterocycles. The molecule has 5 nitrogen and oxygen atoms in total. The van der Waals surface area contributed by atoms with Gasteiger partial charge in [-0.15, -0.1) is 0 Å². The fourth-order valence-electron chi connectivity index (χ4n) is 2.64. The molecule has 1 aliphatic heterocycles. The molecule has 1 heterocycles. The number of aliphatic carboxylic acids is 1. The average Bonchev–Trinajstić information content (AvgIpc) is 2.49. The minimum absolute atomic E-state index is 0.109. The van der Waals surface area contributed by atoms with Crippen LogP contribution in [-0.2, 0) is 16.0 Å². The van der Waals surface area contributed by atoms with Crippen molar-refractivity contribution in [1.82, 2.24) is 4.90 Å². The largest absolute Gasteiger partial charge is 0.508 e. The highest BCUT2D eigenvalue weighted by Gasteiger charge is 2.26. The number of hydrogen-bond donors (Lipinski definition) is 2. The number of nitrogens with zero attached hydrogens (tertiary/aromatic N) is 1. The Labute approximate surface area is 124 Å². The molecule has 5 heteroatoms. The van der Waals surface area contributed by atoms with E-state index in [1.54, 1.807) is 17.0 Å². The summed E-state index contributed by atoms with van der Waals surface area (Å²) in [6.07, 6.45) is 3.16. The number of amides is 1. The van der Waals surface area contributed by atoms with Crippen molar-refractivity contribution in [3.8, 4) is 5.75 Å². The molecule has 114 valence electrons. The van der Waals surface area contributed by atoms with Crippen LogP contribution in [0.25, 0.3) is 0 Å². The molecule has 0 aliphatic carbocycles. The lowest BCUT2D eigenvalue weighted by molar-refractivity contribution is -0.145. The molecule has 0 atom stereocenters. The van der Waals surface area contributed by atoms with Gasteiger partial charge in [-0.05, 0) is 43.4 Å². The monoisotopic (exact) mass is 291 g/mol. The second kappa shape index (κ2) is 7.11. The molecule has 0 spiro atoms. The first-order chi connectivity index (χ1) is 10.1. The molecule has 1 aromatic rings. The molecule has 21 heavy (non-hydrogen) atoms. The van der Waals surface area contributed by atoms with Gasteiger partial charge < -0.3 is 15.1 Å². The summed E-state index contributed by atoms with van der Waals surface area (Å²) in [6, 6.07) is 7.01. The van der Waals surface area contributed by atoms with E-state index >= 15 is 0 Å². The summed E-state index contributed by atoms with van der Waals surface area (Å²) in [7, 11) is 0. The van der Waals surface area contributed by atoms with E-state index in [0.717, 1.165) is 18.4 Å². The molecule has 1 aromatic carbocycles. The minimum Gasteiger partial charge on any atom is -0.508 e. The standard InChI is InChI=1S/C16H21NO4/c18-14-6-4-12(5-7-14)2-1-3-15(19)17-10-8-13(9-11-17)16(20)21/h4-7,13,18H,1-3,8-11H2,(H,20,21). The lowest BCUT2D eigenvalue weighted by Gasteiger charge is -2.30. The van der Waals surface area contributed by atoms with Crippen molar-refractivity contribution in [2.45, 2.75) is 32.1 Å².